The van der Waals surface area contributed by atoms with E-state index < -0.39 is 0 Å². The summed E-state index contributed by atoms with van der Waals surface area (Å²) in [5.74, 6) is 1.05. The molecule has 0 amide bonds. The number of fused-ring (bicyclic) bond motifs is 2. The second-order valence-electron chi connectivity index (χ2n) is 7.98. The molecule has 0 aromatic rings. The molecule has 0 spiro atoms. The highest BCUT2D eigenvalue weighted by Crippen LogP contribution is 2.62. The monoisotopic (exact) mass is 262 g/mol. The molecule has 1 saturated carbocycles. The summed E-state index contributed by atoms with van der Waals surface area (Å²) < 4.78 is 5.82. The van der Waals surface area contributed by atoms with Crippen molar-refractivity contribution in [2.45, 2.75) is 65.9 Å². The second kappa shape index (κ2) is 3.65. The number of carbonyl (C=O) groups is 1. The van der Waals surface area contributed by atoms with Gasteiger partial charge in [-0.15, -0.1) is 0 Å². The minimum absolute atomic E-state index is 0.00417. The van der Waals surface area contributed by atoms with Crippen LogP contribution in [0.1, 0.15) is 60.3 Å². The van der Waals surface area contributed by atoms with Crippen LogP contribution in [0.2, 0.25) is 0 Å². The van der Waals surface area contributed by atoms with Gasteiger partial charge in [0.25, 0.3) is 0 Å². The first-order valence-corrected chi connectivity index (χ1v) is 7.63. The van der Waals surface area contributed by atoms with Gasteiger partial charge >= 0.3 is 5.97 Å². The van der Waals surface area contributed by atoms with Crippen molar-refractivity contribution in [3.05, 3.63) is 11.6 Å². The molecule has 0 aromatic heterocycles. The lowest BCUT2D eigenvalue weighted by Gasteiger charge is -2.52. The van der Waals surface area contributed by atoms with Crippen molar-refractivity contribution in [3.63, 3.8) is 0 Å². The Balaban J connectivity index is 2.04. The molecule has 2 nitrogen and oxygen atoms in total. The van der Waals surface area contributed by atoms with E-state index >= 15 is 0 Å². The predicted octanol–water partition coefficient (Wildman–Crippen LogP) is 4.10. The molecule has 19 heavy (non-hydrogen) atoms. The van der Waals surface area contributed by atoms with Crippen LogP contribution in [0.4, 0.5) is 0 Å². The van der Waals surface area contributed by atoms with Crippen LogP contribution in [0, 0.1) is 22.7 Å². The van der Waals surface area contributed by atoms with Crippen LogP contribution in [-0.2, 0) is 9.53 Å². The minimum Gasteiger partial charge on any atom is -0.458 e. The van der Waals surface area contributed by atoms with Gasteiger partial charge in [0.1, 0.15) is 5.60 Å². The van der Waals surface area contributed by atoms with Gasteiger partial charge in [-0.25, -0.2) is 0 Å². The lowest BCUT2D eigenvalue weighted by Crippen LogP contribution is -2.49. The number of hydrogen-bond donors (Lipinski definition) is 0. The Morgan fingerprint density at radius 2 is 1.95 bits per heavy atom. The molecule has 0 aromatic carbocycles. The Labute approximate surface area is 116 Å². The van der Waals surface area contributed by atoms with Gasteiger partial charge in [-0.2, -0.15) is 0 Å². The molecular weight excluding hydrogens is 236 g/mol. The third-order valence-electron chi connectivity index (χ3n) is 6.44. The lowest BCUT2D eigenvalue weighted by atomic mass is 9.52. The molecule has 2 aliphatic carbocycles. The first-order valence-electron chi connectivity index (χ1n) is 7.63. The average Bonchev–Trinajstić information content (AvgIpc) is 2.47. The number of ether oxygens (including phenoxy) is 1. The molecule has 3 rings (SSSR count). The Morgan fingerprint density at radius 1 is 1.26 bits per heavy atom. The SMILES string of the molecule is CC1CCC=C2CC3(C)OC(=O)C(C)(C)C3CC21C. The highest BCUT2D eigenvalue weighted by Gasteiger charge is 2.63. The normalized spacial score (nSPS) is 48.1. The Morgan fingerprint density at radius 3 is 2.63 bits per heavy atom. The summed E-state index contributed by atoms with van der Waals surface area (Å²) in [7, 11) is 0. The molecule has 2 fully saturated rings. The summed E-state index contributed by atoms with van der Waals surface area (Å²) in [6.07, 6.45) is 6.91. The van der Waals surface area contributed by atoms with E-state index in [4.69, 9.17) is 4.74 Å². The molecule has 1 aliphatic heterocycles. The number of esters is 1. The highest BCUT2D eigenvalue weighted by molar-refractivity contribution is 5.79. The van der Waals surface area contributed by atoms with Gasteiger partial charge in [0.05, 0.1) is 5.41 Å². The first-order chi connectivity index (χ1) is 8.70. The summed E-state index contributed by atoms with van der Waals surface area (Å²) in [5.41, 5.74) is 1.20. The fraction of sp³-hybridized carbons (Fsp3) is 0.824. The summed E-state index contributed by atoms with van der Waals surface area (Å²) in [6.45, 7) is 11.1. The van der Waals surface area contributed by atoms with Gasteiger partial charge in [0.15, 0.2) is 0 Å². The molecule has 0 bridgehead atoms. The Hall–Kier alpha value is -0.790. The summed E-state index contributed by atoms with van der Waals surface area (Å²) in [6, 6.07) is 0. The van der Waals surface area contributed by atoms with Crippen LogP contribution in [0.25, 0.3) is 0 Å². The predicted molar refractivity (Wildman–Crippen MR) is 75.6 cm³/mol. The zero-order valence-corrected chi connectivity index (χ0v) is 12.9. The topological polar surface area (TPSA) is 26.3 Å². The largest absolute Gasteiger partial charge is 0.458 e. The average molecular weight is 262 g/mol. The van der Waals surface area contributed by atoms with Gasteiger partial charge in [-0.1, -0.05) is 25.5 Å². The fourth-order valence-electron chi connectivity index (χ4n) is 4.73. The molecule has 4 unspecified atom stereocenters. The van der Waals surface area contributed by atoms with E-state index in [0.29, 0.717) is 11.8 Å². The quantitative estimate of drug-likeness (QED) is 0.485. The molecular formula is C17H26O2. The second-order valence-corrected chi connectivity index (χ2v) is 7.98. The van der Waals surface area contributed by atoms with Crippen molar-refractivity contribution in [3.8, 4) is 0 Å². The van der Waals surface area contributed by atoms with Crippen LogP contribution in [0.5, 0.6) is 0 Å². The third-order valence-corrected chi connectivity index (χ3v) is 6.44. The van der Waals surface area contributed by atoms with Gasteiger partial charge < -0.3 is 4.74 Å². The van der Waals surface area contributed by atoms with Crippen molar-refractivity contribution >= 4 is 5.97 Å². The van der Waals surface area contributed by atoms with E-state index in [1.165, 1.54) is 18.4 Å². The highest BCUT2D eigenvalue weighted by atomic mass is 16.6. The number of carbonyl (C=O) groups excluding carboxylic acids is 1. The van der Waals surface area contributed by atoms with Crippen molar-refractivity contribution < 1.29 is 9.53 Å². The van der Waals surface area contributed by atoms with Crippen LogP contribution in [0.15, 0.2) is 11.6 Å². The lowest BCUT2D eigenvalue weighted by molar-refractivity contribution is -0.152. The van der Waals surface area contributed by atoms with Crippen LogP contribution >= 0.6 is 0 Å². The van der Waals surface area contributed by atoms with Crippen molar-refractivity contribution in [2.24, 2.45) is 22.7 Å². The standard InChI is InChI=1S/C17H26O2/c1-11-7-6-8-12-9-17(5)13(10-16(11,12)4)15(2,3)14(18)19-17/h8,11,13H,6-7,9-10H2,1-5H3. The molecule has 1 heterocycles. The molecule has 0 radical (unpaired) electrons. The molecule has 3 aliphatic rings. The summed E-state index contributed by atoms with van der Waals surface area (Å²) in [5, 5.41) is 0. The van der Waals surface area contributed by atoms with E-state index in [-0.39, 0.29) is 22.4 Å². The van der Waals surface area contributed by atoms with Gasteiger partial charge in [-0.05, 0) is 51.4 Å². The first kappa shape index (κ1) is 13.2. The zero-order chi connectivity index (χ0) is 14.1. The van der Waals surface area contributed by atoms with Gasteiger partial charge in [0.2, 0.25) is 0 Å². The number of allylic oxidation sites excluding steroid dienone is 1. The van der Waals surface area contributed by atoms with Crippen molar-refractivity contribution in [1.82, 2.24) is 0 Å². The van der Waals surface area contributed by atoms with Crippen molar-refractivity contribution in [2.75, 3.05) is 0 Å². The molecule has 2 heteroatoms. The Bertz CT molecular complexity index is 462. The molecule has 4 atom stereocenters. The third kappa shape index (κ3) is 1.58. The van der Waals surface area contributed by atoms with E-state index in [9.17, 15) is 4.79 Å². The number of rotatable bonds is 0. The molecule has 0 N–H and O–H groups in total. The molecule has 106 valence electrons. The Kier molecular flexibility index (Phi) is 2.54. The van der Waals surface area contributed by atoms with Crippen LogP contribution in [0.3, 0.4) is 0 Å². The maximum atomic E-state index is 12.2. The van der Waals surface area contributed by atoms with E-state index in [1.807, 2.05) is 0 Å². The van der Waals surface area contributed by atoms with E-state index in [0.717, 1.165) is 12.8 Å². The van der Waals surface area contributed by atoms with Crippen molar-refractivity contribution in [1.29, 1.82) is 0 Å². The fourth-order valence-corrected chi connectivity index (χ4v) is 4.73. The van der Waals surface area contributed by atoms with Gasteiger partial charge in [-0.3, -0.25) is 4.79 Å². The van der Waals surface area contributed by atoms with E-state index in [2.05, 4.69) is 40.7 Å². The van der Waals surface area contributed by atoms with Crippen LogP contribution < -0.4 is 0 Å². The maximum Gasteiger partial charge on any atom is 0.312 e. The van der Waals surface area contributed by atoms with Gasteiger partial charge in [0, 0.05) is 12.3 Å². The van der Waals surface area contributed by atoms with Crippen LogP contribution in [-0.4, -0.2) is 11.6 Å². The summed E-state index contributed by atoms with van der Waals surface area (Å²) in [4.78, 5) is 12.2. The maximum absolute atomic E-state index is 12.2. The smallest absolute Gasteiger partial charge is 0.312 e. The zero-order valence-electron chi connectivity index (χ0n) is 12.9. The summed E-state index contributed by atoms with van der Waals surface area (Å²) >= 11 is 0. The number of hydrogen-bond acceptors (Lipinski definition) is 2. The molecule has 1 saturated heterocycles. The van der Waals surface area contributed by atoms with E-state index in [1.54, 1.807) is 0 Å². The minimum atomic E-state index is -0.333.